The van der Waals surface area contributed by atoms with E-state index in [4.69, 9.17) is 14.3 Å². The average molecular weight is 290 g/mol. The highest BCUT2D eigenvalue weighted by molar-refractivity contribution is 6.00. The first-order valence-corrected chi connectivity index (χ1v) is 6.07. The lowest BCUT2D eigenvalue weighted by Crippen LogP contribution is -2.28. The number of methoxy groups -OCH3 is 1. The molecule has 1 aromatic heterocycles. The van der Waals surface area contributed by atoms with Crippen molar-refractivity contribution in [1.82, 2.24) is 5.32 Å². The summed E-state index contributed by atoms with van der Waals surface area (Å²) in [4.78, 5) is 22.9. The number of carbonyl (C=O) groups is 2. The summed E-state index contributed by atoms with van der Waals surface area (Å²) < 4.78 is 9.84. The van der Waals surface area contributed by atoms with E-state index in [1.54, 1.807) is 12.1 Å². The molecule has 0 atom stereocenters. The number of aromatic carboxylic acids is 1. The Morgan fingerprint density at radius 2 is 2.14 bits per heavy atom. The highest BCUT2D eigenvalue weighted by atomic mass is 16.5. The number of ether oxygens (including phenoxy) is 1. The molecule has 2 amide bonds. The van der Waals surface area contributed by atoms with Crippen LogP contribution in [0.15, 0.2) is 41.2 Å². The topological polar surface area (TPSA) is 101 Å². The summed E-state index contributed by atoms with van der Waals surface area (Å²) in [6.07, 6.45) is 3.01. The van der Waals surface area contributed by atoms with Crippen molar-refractivity contribution in [3.05, 3.63) is 47.9 Å². The van der Waals surface area contributed by atoms with Gasteiger partial charge >= 0.3 is 12.0 Å². The van der Waals surface area contributed by atoms with Crippen molar-refractivity contribution in [2.75, 3.05) is 12.4 Å². The van der Waals surface area contributed by atoms with Gasteiger partial charge in [0.1, 0.15) is 5.75 Å². The van der Waals surface area contributed by atoms with E-state index in [1.807, 2.05) is 0 Å². The average Bonchev–Trinajstić information content (AvgIpc) is 2.98. The number of amides is 2. The molecule has 0 aliphatic heterocycles. The minimum Gasteiger partial charge on any atom is -0.497 e. The Morgan fingerprint density at radius 1 is 1.33 bits per heavy atom. The van der Waals surface area contributed by atoms with E-state index < -0.39 is 12.0 Å². The number of hydrogen-bond acceptors (Lipinski definition) is 4. The zero-order chi connectivity index (χ0) is 15.2. The third-order valence-corrected chi connectivity index (χ3v) is 2.74. The highest BCUT2D eigenvalue weighted by Crippen LogP contribution is 2.22. The monoisotopic (exact) mass is 290 g/mol. The summed E-state index contributed by atoms with van der Waals surface area (Å²) in [5, 5.41) is 14.2. The maximum Gasteiger partial charge on any atom is 0.337 e. The van der Waals surface area contributed by atoms with Crippen molar-refractivity contribution < 1.29 is 23.8 Å². The fourth-order valence-corrected chi connectivity index (χ4v) is 1.68. The van der Waals surface area contributed by atoms with Crippen molar-refractivity contribution in [2.45, 2.75) is 6.54 Å². The summed E-state index contributed by atoms with van der Waals surface area (Å²) in [5.41, 5.74) is 0.944. The Hall–Kier alpha value is -2.96. The molecule has 0 saturated heterocycles. The molecule has 0 saturated carbocycles. The number of carboxylic acids is 1. The molecule has 0 aliphatic carbocycles. The predicted molar refractivity (Wildman–Crippen MR) is 74.5 cm³/mol. The van der Waals surface area contributed by atoms with Crippen LogP contribution in [0.2, 0.25) is 0 Å². The number of nitrogens with one attached hydrogen (secondary N) is 2. The standard InChI is InChI=1S/C14H14N2O5/c1-20-10-2-3-12(11(6-10)13(17)18)16-14(19)15-7-9-4-5-21-8-9/h2-6,8H,7H2,1H3,(H,17,18)(H2,15,16,19). The van der Waals surface area contributed by atoms with Crippen LogP contribution in [-0.4, -0.2) is 24.2 Å². The first kappa shape index (κ1) is 14.4. The van der Waals surface area contributed by atoms with Gasteiger partial charge in [0.25, 0.3) is 0 Å². The van der Waals surface area contributed by atoms with Gasteiger partial charge in [-0.05, 0) is 24.3 Å². The number of rotatable bonds is 5. The van der Waals surface area contributed by atoms with Gasteiger partial charge in [0.2, 0.25) is 0 Å². The Bertz CT molecular complexity index is 637. The number of hydrogen-bond donors (Lipinski definition) is 3. The van der Waals surface area contributed by atoms with Crippen LogP contribution in [-0.2, 0) is 6.54 Å². The Labute approximate surface area is 120 Å². The van der Waals surface area contributed by atoms with Gasteiger partial charge in [-0.15, -0.1) is 0 Å². The van der Waals surface area contributed by atoms with Gasteiger partial charge in [0.05, 0.1) is 30.9 Å². The number of urea groups is 1. The van der Waals surface area contributed by atoms with Crippen molar-refractivity contribution in [3.8, 4) is 5.75 Å². The van der Waals surface area contributed by atoms with Crippen LogP contribution in [0.3, 0.4) is 0 Å². The first-order valence-electron chi connectivity index (χ1n) is 6.07. The van der Waals surface area contributed by atoms with Crippen LogP contribution in [0.1, 0.15) is 15.9 Å². The fourth-order valence-electron chi connectivity index (χ4n) is 1.68. The lowest BCUT2D eigenvalue weighted by molar-refractivity contribution is 0.0697. The molecule has 0 bridgehead atoms. The number of furan rings is 1. The molecule has 21 heavy (non-hydrogen) atoms. The van der Waals surface area contributed by atoms with Crippen LogP contribution >= 0.6 is 0 Å². The summed E-state index contributed by atoms with van der Waals surface area (Å²) in [6, 6.07) is 5.59. The van der Waals surface area contributed by atoms with Crippen molar-refractivity contribution in [3.63, 3.8) is 0 Å². The molecule has 1 aromatic carbocycles. The van der Waals surface area contributed by atoms with Gasteiger partial charge in [-0.25, -0.2) is 9.59 Å². The summed E-state index contributed by atoms with van der Waals surface area (Å²) in [6.45, 7) is 0.279. The first-order chi connectivity index (χ1) is 10.1. The maximum atomic E-state index is 11.8. The van der Waals surface area contributed by atoms with Crippen LogP contribution < -0.4 is 15.4 Å². The van der Waals surface area contributed by atoms with Crippen molar-refractivity contribution >= 4 is 17.7 Å². The molecule has 0 fully saturated rings. The van der Waals surface area contributed by atoms with E-state index in [1.165, 1.54) is 31.8 Å². The second-order valence-electron chi connectivity index (χ2n) is 4.16. The second-order valence-corrected chi connectivity index (χ2v) is 4.16. The Kier molecular flexibility index (Phi) is 4.45. The number of benzene rings is 1. The van der Waals surface area contributed by atoms with E-state index >= 15 is 0 Å². The smallest absolute Gasteiger partial charge is 0.337 e. The van der Waals surface area contributed by atoms with E-state index in [0.29, 0.717) is 5.75 Å². The predicted octanol–water partition coefficient (Wildman–Crippen LogP) is 2.31. The SMILES string of the molecule is COc1ccc(NC(=O)NCc2ccoc2)c(C(=O)O)c1. The molecule has 0 spiro atoms. The fraction of sp³-hybridized carbons (Fsp3) is 0.143. The molecule has 7 heteroatoms. The van der Waals surface area contributed by atoms with E-state index in [2.05, 4.69) is 10.6 Å². The number of carbonyl (C=O) groups excluding carboxylic acids is 1. The van der Waals surface area contributed by atoms with Gasteiger partial charge in [-0.3, -0.25) is 0 Å². The minimum absolute atomic E-state index is 0.0483. The lowest BCUT2D eigenvalue weighted by Gasteiger charge is -2.10. The van der Waals surface area contributed by atoms with Gasteiger partial charge in [-0.1, -0.05) is 0 Å². The molecule has 3 N–H and O–H groups in total. The van der Waals surface area contributed by atoms with E-state index in [-0.39, 0.29) is 17.8 Å². The van der Waals surface area contributed by atoms with E-state index in [9.17, 15) is 9.59 Å². The van der Waals surface area contributed by atoms with E-state index in [0.717, 1.165) is 5.56 Å². The maximum absolute atomic E-state index is 11.8. The quantitative estimate of drug-likeness (QED) is 0.784. The lowest BCUT2D eigenvalue weighted by atomic mass is 10.1. The van der Waals surface area contributed by atoms with Gasteiger partial charge in [0, 0.05) is 12.1 Å². The third kappa shape index (κ3) is 3.75. The van der Waals surface area contributed by atoms with Gasteiger partial charge in [0.15, 0.2) is 0 Å². The minimum atomic E-state index is -1.15. The molecular weight excluding hydrogens is 276 g/mol. The molecule has 0 radical (unpaired) electrons. The molecular formula is C14H14N2O5. The van der Waals surface area contributed by atoms with Crippen molar-refractivity contribution in [2.24, 2.45) is 0 Å². The second kappa shape index (κ2) is 6.47. The highest BCUT2D eigenvalue weighted by Gasteiger charge is 2.13. The molecule has 2 rings (SSSR count). The summed E-state index contributed by atoms with van der Waals surface area (Å²) in [7, 11) is 1.44. The summed E-state index contributed by atoms with van der Waals surface area (Å²) in [5.74, 6) is -0.754. The Balaban J connectivity index is 2.04. The normalized spacial score (nSPS) is 9.95. The zero-order valence-corrected chi connectivity index (χ0v) is 11.3. The summed E-state index contributed by atoms with van der Waals surface area (Å²) >= 11 is 0. The van der Waals surface area contributed by atoms with Crippen molar-refractivity contribution in [1.29, 1.82) is 0 Å². The van der Waals surface area contributed by atoms with Crippen LogP contribution in [0.25, 0.3) is 0 Å². The molecule has 0 unspecified atom stereocenters. The molecule has 7 nitrogen and oxygen atoms in total. The van der Waals surface area contributed by atoms with Crippen LogP contribution in [0.5, 0.6) is 5.75 Å². The van der Waals surface area contributed by atoms with Gasteiger partial charge in [-0.2, -0.15) is 0 Å². The largest absolute Gasteiger partial charge is 0.497 e. The number of anilines is 1. The third-order valence-electron chi connectivity index (χ3n) is 2.74. The molecule has 0 aliphatic rings. The van der Waals surface area contributed by atoms with Gasteiger partial charge < -0.3 is 24.9 Å². The molecule has 110 valence electrons. The van der Waals surface area contributed by atoms with Crippen LogP contribution in [0.4, 0.5) is 10.5 Å². The Morgan fingerprint density at radius 3 is 2.76 bits per heavy atom. The zero-order valence-electron chi connectivity index (χ0n) is 11.3. The number of carboxylic acid groups (broad SMARTS) is 1. The molecule has 2 aromatic rings. The van der Waals surface area contributed by atoms with Crippen LogP contribution in [0, 0.1) is 0 Å². The molecule has 1 heterocycles.